The SMILES string of the molecule is COc1ccccc1[S+]([O-])Nc1noc2cc(Cn3cccn3)cc(OC)c12. The van der Waals surface area contributed by atoms with Crippen LogP contribution in [0.15, 0.2) is 64.3 Å². The van der Waals surface area contributed by atoms with E-state index in [1.807, 2.05) is 30.5 Å². The van der Waals surface area contributed by atoms with Crippen LogP contribution in [-0.2, 0) is 17.9 Å². The molecule has 2 aromatic heterocycles. The number of ether oxygens (including phenoxy) is 2. The molecule has 0 aliphatic carbocycles. The number of hydrogen-bond acceptors (Lipinski definition) is 7. The molecule has 144 valence electrons. The first kappa shape index (κ1) is 18.2. The molecule has 0 aliphatic heterocycles. The predicted octanol–water partition coefficient (Wildman–Crippen LogP) is 3.22. The zero-order valence-electron chi connectivity index (χ0n) is 15.3. The first-order valence-corrected chi connectivity index (χ1v) is 9.59. The number of methoxy groups -OCH3 is 2. The summed E-state index contributed by atoms with van der Waals surface area (Å²) in [5.41, 5.74) is 1.47. The van der Waals surface area contributed by atoms with Gasteiger partial charge in [0.2, 0.25) is 10.7 Å². The number of rotatable bonds is 7. The molecule has 1 unspecified atom stereocenters. The Morgan fingerprint density at radius 1 is 1.14 bits per heavy atom. The highest BCUT2D eigenvalue weighted by Crippen LogP contribution is 2.35. The smallest absolute Gasteiger partial charge is 0.224 e. The molecule has 0 amide bonds. The molecule has 0 bridgehead atoms. The van der Waals surface area contributed by atoms with E-state index in [4.69, 9.17) is 14.0 Å². The number of anilines is 1. The van der Waals surface area contributed by atoms with Crippen molar-refractivity contribution in [3.05, 3.63) is 60.4 Å². The van der Waals surface area contributed by atoms with Gasteiger partial charge in [-0.3, -0.25) is 4.68 Å². The molecule has 0 saturated heterocycles. The molecule has 8 nitrogen and oxygen atoms in total. The van der Waals surface area contributed by atoms with Crippen molar-refractivity contribution in [3.63, 3.8) is 0 Å². The van der Waals surface area contributed by atoms with Crippen LogP contribution in [-0.4, -0.2) is 33.7 Å². The van der Waals surface area contributed by atoms with Gasteiger partial charge < -0.3 is 18.5 Å². The molecule has 0 fully saturated rings. The van der Waals surface area contributed by atoms with Gasteiger partial charge in [-0.2, -0.15) is 9.82 Å². The van der Waals surface area contributed by atoms with Gasteiger partial charge in [0.15, 0.2) is 11.3 Å². The highest BCUT2D eigenvalue weighted by molar-refractivity contribution is 7.92. The highest BCUT2D eigenvalue weighted by Gasteiger charge is 2.23. The van der Waals surface area contributed by atoms with Crippen LogP contribution in [0.1, 0.15) is 5.56 Å². The lowest BCUT2D eigenvalue weighted by Crippen LogP contribution is -2.14. The van der Waals surface area contributed by atoms with Crippen molar-refractivity contribution in [3.8, 4) is 11.5 Å². The van der Waals surface area contributed by atoms with Gasteiger partial charge in [-0.05, 0) is 35.9 Å². The third kappa shape index (κ3) is 3.49. The van der Waals surface area contributed by atoms with E-state index < -0.39 is 11.4 Å². The maximum absolute atomic E-state index is 12.8. The summed E-state index contributed by atoms with van der Waals surface area (Å²) in [5.74, 6) is 1.43. The summed E-state index contributed by atoms with van der Waals surface area (Å²) < 4.78 is 33.7. The third-order valence-corrected chi connectivity index (χ3v) is 5.30. The van der Waals surface area contributed by atoms with Gasteiger partial charge in [-0.15, -0.1) is 0 Å². The Bertz CT molecular complexity index is 1080. The lowest BCUT2D eigenvalue weighted by molar-refractivity contribution is 0.403. The quantitative estimate of drug-likeness (QED) is 0.477. The summed E-state index contributed by atoms with van der Waals surface area (Å²) in [6.45, 7) is 0.565. The second-order valence-electron chi connectivity index (χ2n) is 5.93. The van der Waals surface area contributed by atoms with Crippen LogP contribution in [0.2, 0.25) is 0 Å². The minimum absolute atomic E-state index is 0.335. The Hall–Kier alpha value is -3.17. The van der Waals surface area contributed by atoms with Gasteiger partial charge in [0.1, 0.15) is 22.5 Å². The molecule has 0 radical (unpaired) electrons. The number of benzene rings is 2. The minimum atomic E-state index is -1.59. The average Bonchev–Trinajstić information content (AvgIpc) is 3.37. The first-order valence-electron chi connectivity index (χ1n) is 8.44. The van der Waals surface area contributed by atoms with Crippen molar-refractivity contribution in [2.75, 3.05) is 18.9 Å². The molecule has 0 saturated carbocycles. The fourth-order valence-corrected chi connectivity index (χ4v) is 3.87. The zero-order chi connectivity index (χ0) is 19.5. The predicted molar refractivity (Wildman–Crippen MR) is 105 cm³/mol. The molecule has 9 heteroatoms. The van der Waals surface area contributed by atoms with Gasteiger partial charge in [0.25, 0.3) is 0 Å². The van der Waals surface area contributed by atoms with E-state index in [2.05, 4.69) is 15.0 Å². The van der Waals surface area contributed by atoms with E-state index >= 15 is 0 Å². The maximum atomic E-state index is 12.8. The third-order valence-electron chi connectivity index (χ3n) is 4.18. The van der Waals surface area contributed by atoms with Gasteiger partial charge in [-0.1, -0.05) is 17.3 Å². The Kier molecular flexibility index (Phi) is 5.09. The molecule has 1 atom stereocenters. The van der Waals surface area contributed by atoms with Gasteiger partial charge in [-0.25, -0.2) is 0 Å². The van der Waals surface area contributed by atoms with E-state index in [9.17, 15) is 4.55 Å². The molecule has 0 spiro atoms. The van der Waals surface area contributed by atoms with Crippen LogP contribution in [0.5, 0.6) is 11.5 Å². The number of aromatic nitrogens is 3. The van der Waals surface area contributed by atoms with E-state index in [0.717, 1.165) is 5.56 Å². The summed E-state index contributed by atoms with van der Waals surface area (Å²) >= 11 is -1.59. The van der Waals surface area contributed by atoms with Crippen LogP contribution in [0.25, 0.3) is 11.0 Å². The summed E-state index contributed by atoms with van der Waals surface area (Å²) in [5, 5.41) is 8.87. The van der Waals surface area contributed by atoms with Gasteiger partial charge >= 0.3 is 0 Å². The molecule has 1 N–H and O–H groups in total. The normalized spacial score (nSPS) is 12.1. The number of fused-ring (bicyclic) bond motifs is 1. The van der Waals surface area contributed by atoms with Crippen molar-refractivity contribution in [1.82, 2.24) is 14.9 Å². The van der Waals surface area contributed by atoms with Crippen LogP contribution in [0, 0.1) is 0 Å². The summed E-state index contributed by atoms with van der Waals surface area (Å²) in [4.78, 5) is 0.510. The largest absolute Gasteiger partial charge is 0.588 e. The van der Waals surface area contributed by atoms with Gasteiger partial charge in [0.05, 0.1) is 20.8 Å². The van der Waals surface area contributed by atoms with Crippen molar-refractivity contribution >= 4 is 28.1 Å². The number of para-hydroxylation sites is 1. The van der Waals surface area contributed by atoms with Crippen molar-refractivity contribution in [1.29, 1.82) is 0 Å². The monoisotopic (exact) mass is 398 g/mol. The summed E-state index contributed by atoms with van der Waals surface area (Å²) in [6, 6.07) is 12.7. The second kappa shape index (κ2) is 7.83. The van der Waals surface area contributed by atoms with E-state index in [0.29, 0.717) is 39.7 Å². The second-order valence-corrected chi connectivity index (χ2v) is 7.11. The van der Waals surface area contributed by atoms with Crippen LogP contribution in [0.4, 0.5) is 5.82 Å². The van der Waals surface area contributed by atoms with Crippen molar-refractivity contribution in [2.45, 2.75) is 11.4 Å². The van der Waals surface area contributed by atoms with Crippen LogP contribution >= 0.6 is 0 Å². The minimum Gasteiger partial charge on any atom is -0.588 e. The molecule has 0 aliphatic rings. The van der Waals surface area contributed by atoms with Crippen LogP contribution in [0.3, 0.4) is 0 Å². The fourth-order valence-electron chi connectivity index (χ4n) is 2.91. The number of hydrogen-bond donors (Lipinski definition) is 1. The van der Waals surface area contributed by atoms with Crippen molar-refractivity contribution in [2.24, 2.45) is 0 Å². The molecule has 2 heterocycles. The van der Waals surface area contributed by atoms with Gasteiger partial charge in [0, 0.05) is 12.4 Å². The maximum Gasteiger partial charge on any atom is 0.224 e. The molecule has 4 rings (SSSR count). The Labute approximate surface area is 164 Å². The lowest BCUT2D eigenvalue weighted by Gasteiger charge is -2.13. The molecule has 4 aromatic rings. The standard InChI is InChI=1S/C19H18N4O4S/c1-25-14-6-3-4-7-17(14)28(24)22-19-18-15(26-2)10-13(11-16(18)27-21-19)12-23-9-5-8-20-23/h3-11H,12H2,1-2H3,(H,21,22). The first-order chi connectivity index (χ1) is 13.7. The summed E-state index contributed by atoms with van der Waals surface area (Å²) in [6.07, 6.45) is 3.60. The fraction of sp³-hybridized carbons (Fsp3) is 0.158. The molecule has 28 heavy (non-hydrogen) atoms. The average molecular weight is 398 g/mol. The summed E-state index contributed by atoms with van der Waals surface area (Å²) in [7, 11) is 3.10. The van der Waals surface area contributed by atoms with E-state index in [1.165, 1.54) is 7.11 Å². The molecule has 2 aromatic carbocycles. The lowest BCUT2D eigenvalue weighted by atomic mass is 10.1. The Morgan fingerprint density at radius 2 is 1.96 bits per heavy atom. The van der Waals surface area contributed by atoms with E-state index in [1.54, 1.807) is 36.2 Å². The Balaban J connectivity index is 1.66. The molecular weight excluding hydrogens is 380 g/mol. The molecular formula is C19H18N4O4S. The van der Waals surface area contributed by atoms with E-state index in [-0.39, 0.29) is 0 Å². The van der Waals surface area contributed by atoms with Crippen LogP contribution < -0.4 is 14.2 Å². The Morgan fingerprint density at radius 3 is 2.71 bits per heavy atom. The highest BCUT2D eigenvalue weighted by atomic mass is 32.2. The van der Waals surface area contributed by atoms with Crippen molar-refractivity contribution < 1.29 is 18.5 Å². The number of nitrogens with zero attached hydrogens (tertiary/aromatic N) is 3. The topological polar surface area (TPSA) is 97.4 Å². The zero-order valence-corrected chi connectivity index (χ0v) is 16.1. The number of nitrogens with one attached hydrogen (secondary N) is 1.